The van der Waals surface area contributed by atoms with Gasteiger partial charge >= 0.3 is 6.03 Å². The molecule has 24 heavy (non-hydrogen) atoms. The Morgan fingerprint density at radius 1 is 0.958 bits per heavy atom. The van der Waals surface area contributed by atoms with Gasteiger partial charge in [0, 0.05) is 18.3 Å². The molecule has 3 amide bonds. The molecule has 0 saturated carbocycles. The molecule has 5 nitrogen and oxygen atoms in total. The normalized spacial score (nSPS) is 10.8. The lowest BCUT2D eigenvalue weighted by molar-refractivity contribution is -0.114. The Labute approximate surface area is 140 Å². The molecule has 3 N–H and O–H groups in total. The lowest BCUT2D eigenvalue weighted by atomic mass is 9.94. The van der Waals surface area contributed by atoms with Gasteiger partial charge in [-0.3, -0.25) is 4.79 Å². The molecule has 0 saturated heterocycles. The van der Waals surface area contributed by atoms with Gasteiger partial charge in [0.2, 0.25) is 5.91 Å². The van der Waals surface area contributed by atoms with Crippen LogP contribution in [0.4, 0.5) is 20.6 Å². The zero-order chi connectivity index (χ0) is 17.7. The number of hydrogen-bond donors (Lipinski definition) is 3. The Balaban J connectivity index is 2.04. The van der Waals surface area contributed by atoms with Crippen molar-refractivity contribution in [3.63, 3.8) is 0 Å². The van der Waals surface area contributed by atoms with Crippen molar-refractivity contribution in [3.8, 4) is 0 Å². The quantitative estimate of drug-likeness (QED) is 0.797. The van der Waals surface area contributed by atoms with Crippen LogP contribution >= 0.6 is 0 Å². The maximum Gasteiger partial charge on any atom is 0.319 e. The fourth-order valence-corrected chi connectivity index (χ4v) is 2.26. The maximum absolute atomic E-state index is 13.0. The van der Waals surface area contributed by atoms with E-state index in [9.17, 15) is 14.0 Å². The summed E-state index contributed by atoms with van der Waals surface area (Å²) in [5.74, 6) is -0.511. The van der Waals surface area contributed by atoms with E-state index >= 15 is 0 Å². The van der Waals surface area contributed by atoms with Gasteiger partial charge in [-0.1, -0.05) is 18.2 Å². The number of hydrogen-bond acceptors (Lipinski definition) is 2. The van der Waals surface area contributed by atoms with E-state index in [2.05, 4.69) is 16.0 Å². The van der Waals surface area contributed by atoms with Crippen molar-refractivity contribution in [2.75, 3.05) is 10.6 Å². The van der Waals surface area contributed by atoms with E-state index in [-0.39, 0.29) is 11.7 Å². The largest absolute Gasteiger partial charge is 0.329 e. The van der Waals surface area contributed by atoms with Gasteiger partial charge in [-0.2, -0.15) is 0 Å². The minimum atomic E-state index is -0.674. The molecule has 0 spiro atoms. The van der Waals surface area contributed by atoms with E-state index in [0.717, 1.165) is 5.56 Å². The highest BCUT2D eigenvalue weighted by molar-refractivity contribution is 5.92. The van der Waals surface area contributed by atoms with Crippen molar-refractivity contribution in [2.24, 2.45) is 0 Å². The van der Waals surface area contributed by atoms with Crippen molar-refractivity contribution in [2.45, 2.75) is 26.3 Å². The van der Waals surface area contributed by atoms with Crippen LogP contribution in [-0.2, 0) is 10.3 Å². The Morgan fingerprint density at radius 3 is 2.12 bits per heavy atom. The van der Waals surface area contributed by atoms with Crippen LogP contribution in [0, 0.1) is 5.82 Å². The number of nitrogens with one attached hydrogen (secondary N) is 3. The van der Waals surface area contributed by atoms with Crippen molar-refractivity contribution in [3.05, 3.63) is 59.9 Å². The van der Waals surface area contributed by atoms with Gasteiger partial charge in [-0.15, -0.1) is 0 Å². The third kappa shape index (κ3) is 4.81. The van der Waals surface area contributed by atoms with Crippen molar-refractivity contribution in [1.82, 2.24) is 5.32 Å². The van der Waals surface area contributed by atoms with Crippen molar-refractivity contribution >= 4 is 23.3 Å². The minimum absolute atomic E-state index is 0.186. The first-order valence-electron chi connectivity index (χ1n) is 7.49. The second-order valence-electron chi connectivity index (χ2n) is 5.97. The molecule has 0 heterocycles. The van der Waals surface area contributed by atoms with Gasteiger partial charge in [-0.25, -0.2) is 9.18 Å². The lowest BCUT2D eigenvalue weighted by Crippen LogP contribution is -2.43. The third-order valence-corrected chi connectivity index (χ3v) is 3.43. The molecule has 0 unspecified atom stereocenters. The number of amides is 3. The first-order chi connectivity index (χ1) is 11.3. The summed E-state index contributed by atoms with van der Waals surface area (Å²) in [5, 5.41) is 8.21. The summed E-state index contributed by atoms with van der Waals surface area (Å²) >= 11 is 0. The molecule has 0 bridgehead atoms. The number of carbonyl (C=O) groups is 2. The van der Waals surface area contributed by atoms with Gasteiger partial charge < -0.3 is 16.0 Å². The zero-order valence-corrected chi connectivity index (χ0v) is 13.8. The summed E-state index contributed by atoms with van der Waals surface area (Å²) in [5.41, 5.74) is 1.25. The predicted octanol–water partition coefficient (Wildman–Crippen LogP) is 3.84. The molecule has 0 fully saturated rings. The number of halogens is 1. The zero-order valence-electron chi connectivity index (χ0n) is 13.8. The summed E-state index contributed by atoms with van der Waals surface area (Å²) < 4.78 is 13.0. The van der Waals surface area contributed by atoms with E-state index in [1.165, 1.54) is 19.1 Å². The summed E-state index contributed by atoms with van der Waals surface area (Å²) in [6, 6.07) is 12.4. The van der Waals surface area contributed by atoms with Crippen molar-refractivity contribution in [1.29, 1.82) is 0 Å². The van der Waals surface area contributed by atoms with Crippen LogP contribution in [0.1, 0.15) is 26.3 Å². The van der Waals surface area contributed by atoms with E-state index in [0.29, 0.717) is 11.4 Å². The predicted molar refractivity (Wildman–Crippen MR) is 92.3 cm³/mol. The summed E-state index contributed by atoms with van der Waals surface area (Å²) in [4.78, 5) is 23.3. The number of urea groups is 1. The molecular formula is C18H20FN3O2. The fraction of sp³-hybridized carbons (Fsp3) is 0.222. The molecule has 0 aliphatic carbocycles. The SMILES string of the molecule is CC(=O)Nc1cccc(NC(=O)NC(C)(C)c2ccc(F)cc2)c1. The molecule has 0 atom stereocenters. The smallest absolute Gasteiger partial charge is 0.319 e. The standard InChI is InChI=1S/C18H20FN3O2/c1-12(23)20-15-5-4-6-16(11-15)21-17(24)22-18(2,3)13-7-9-14(19)10-8-13/h4-11H,1-3H3,(H,20,23)(H2,21,22,24). The van der Waals surface area contributed by atoms with Crippen LogP contribution in [0.2, 0.25) is 0 Å². The van der Waals surface area contributed by atoms with Gasteiger partial charge in [-0.05, 0) is 49.7 Å². The summed E-state index contributed by atoms with van der Waals surface area (Å²) in [6.45, 7) is 5.07. The number of carbonyl (C=O) groups excluding carboxylic acids is 2. The molecule has 6 heteroatoms. The first kappa shape index (κ1) is 17.5. The molecule has 0 aliphatic rings. The molecule has 0 radical (unpaired) electrons. The van der Waals surface area contributed by atoms with Crippen LogP contribution in [0.15, 0.2) is 48.5 Å². The van der Waals surface area contributed by atoms with Gasteiger partial charge in [0.1, 0.15) is 5.82 Å². The number of benzene rings is 2. The maximum atomic E-state index is 13.0. The Hall–Kier alpha value is -2.89. The molecule has 0 aliphatic heterocycles. The molecule has 126 valence electrons. The van der Waals surface area contributed by atoms with Gasteiger partial charge in [0.25, 0.3) is 0 Å². The fourth-order valence-electron chi connectivity index (χ4n) is 2.26. The van der Waals surface area contributed by atoms with Crippen LogP contribution in [0.5, 0.6) is 0 Å². The third-order valence-electron chi connectivity index (χ3n) is 3.43. The second kappa shape index (κ2) is 7.12. The lowest BCUT2D eigenvalue weighted by Gasteiger charge is -2.27. The van der Waals surface area contributed by atoms with Crippen LogP contribution in [0.25, 0.3) is 0 Å². The Kier molecular flexibility index (Phi) is 5.18. The van der Waals surface area contributed by atoms with Crippen LogP contribution in [-0.4, -0.2) is 11.9 Å². The first-order valence-corrected chi connectivity index (χ1v) is 7.49. The van der Waals surface area contributed by atoms with Crippen LogP contribution < -0.4 is 16.0 Å². The highest BCUT2D eigenvalue weighted by Gasteiger charge is 2.22. The number of rotatable bonds is 4. The second-order valence-corrected chi connectivity index (χ2v) is 5.97. The number of anilines is 2. The Bertz CT molecular complexity index is 742. The molecule has 2 rings (SSSR count). The highest BCUT2D eigenvalue weighted by Crippen LogP contribution is 2.21. The topological polar surface area (TPSA) is 70.2 Å². The monoisotopic (exact) mass is 329 g/mol. The average molecular weight is 329 g/mol. The summed E-state index contributed by atoms with van der Waals surface area (Å²) in [6.07, 6.45) is 0. The van der Waals surface area contributed by atoms with E-state index in [1.54, 1.807) is 36.4 Å². The molecule has 0 aromatic heterocycles. The molecule has 2 aromatic rings. The minimum Gasteiger partial charge on any atom is -0.329 e. The van der Waals surface area contributed by atoms with E-state index in [1.807, 2.05) is 13.8 Å². The Morgan fingerprint density at radius 2 is 1.54 bits per heavy atom. The highest BCUT2D eigenvalue weighted by atomic mass is 19.1. The summed E-state index contributed by atoms with van der Waals surface area (Å²) in [7, 11) is 0. The molecule has 2 aromatic carbocycles. The van der Waals surface area contributed by atoms with Crippen LogP contribution in [0.3, 0.4) is 0 Å². The van der Waals surface area contributed by atoms with E-state index < -0.39 is 11.6 Å². The molecular weight excluding hydrogens is 309 g/mol. The van der Waals surface area contributed by atoms with E-state index in [4.69, 9.17) is 0 Å². The average Bonchev–Trinajstić information content (AvgIpc) is 2.46. The van der Waals surface area contributed by atoms with Gasteiger partial charge in [0.05, 0.1) is 5.54 Å². The van der Waals surface area contributed by atoms with Crippen molar-refractivity contribution < 1.29 is 14.0 Å². The van der Waals surface area contributed by atoms with Gasteiger partial charge in [0.15, 0.2) is 0 Å².